The van der Waals surface area contributed by atoms with Gasteiger partial charge in [0.05, 0.1) is 9.82 Å². The molecule has 3 aromatic carbocycles. The van der Waals surface area contributed by atoms with Gasteiger partial charge >= 0.3 is 0 Å². The van der Waals surface area contributed by atoms with Crippen molar-refractivity contribution in [1.29, 1.82) is 0 Å². The highest BCUT2D eigenvalue weighted by atomic mass is 32.2. The molecule has 1 saturated carbocycles. The summed E-state index contributed by atoms with van der Waals surface area (Å²) in [5, 5.41) is 15.6. The van der Waals surface area contributed by atoms with Crippen LogP contribution in [0, 0.1) is 15.5 Å². The molecular formula is C36H46N6O5S2. The van der Waals surface area contributed by atoms with Crippen LogP contribution in [0.4, 0.5) is 17.1 Å². The van der Waals surface area contributed by atoms with E-state index in [4.69, 9.17) is 0 Å². The summed E-state index contributed by atoms with van der Waals surface area (Å²) in [4.78, 5) is 32.4. The number of nitro groups is 1. The van der Waals surface area contributed by atoms with Crippen molar-refractivity contribution in [2.45, 2.75) is 54.4 Å². The summed E-state index contributed by atoms with van der Waals surface area (Å²) >= 11 is 1.66. The lowest BCUT2D eigenvalue weighted by Gasteiger charge is -2.40. The number of nitro benzene ring substituents is 1. The largest absolute Gasteiger partial charge is 0.375 e. The summed E-state index contributed by atoms with van der Waals surface area (Å²) in [5.41, 5.74) is 1.58. The fourth-order valence-corrected chi connectivity index (χ4v) is 9.22. The van der Waals surface area contributed by atoms with Gasteiger partial charge in [0.2, 0.25) is 0 Å². The van der Waals surface area contributed by atoms with Gasteiger partial charge in [-0.3, -0.25) is 19.8 Å². The van der Waals surface area contributed by atoms with Gasteiger partial charge < -0.3 is 15.1 Å². The normalized spacial score (nSPS) is 19.1. The van der Waals surface area contributed by atoms with Gasteiger partial charge in [0.15, 0.2) is 0 Å². The van der Waals surface area contributed by atoms with Crippen LogP contribution in [0.25, 0.3) is 0 Å². The third-order valence-electron chi connectivity index (χ3n) is 10.3. The van der Waals surface area contributed by atoms with Gasteiger partial charge in [-0.05, 0) is 86.7 Å². The molecule has 2 N–H and O–H groups in total. The summed E-state index contributed by atoms with van der Waals surface area (Å²) in [7, 11) is -2.29. The highest BCUT2D eigenvalue weighted by Crippen LogP contribution is 2.46. The fourth-order valence-electron chi connectivity index (χ4n) is 7.30. The molecule has 3 aromatic rings. The van der Waals surface area contributed by atoms with E-state index < -0.39 is 20.9 Å². The highest BCUT2D eigenvalue weighted by Gasteiger charge is 2.37. The molecule has 1 atom stereocenters. The molecule has 3 aliphatic rings. The number of carbonyl (C=O) groups excluding carboxylic acids is 1. The molecule has 13 heteroatoms. The van der Waals surface area contributed by atoms with Crippen LogP contribution in [0.3, 0.4) is 0 Å². The number of sulfonamides is 1. The van der Waals surface area contributed by atoms with E-state index in [0.717, 1.165) is 55.9 Å². The average Bonchev–Trinajstić information content (AvgIpc) is 3.56. The lowest BCUT2D eigenvalue weighted by atomic mass is 9.77. The Morgan fingerprint density at radius 3 is 2.24 bits per heavy atom. The number of carbonyl (C=O) groups is 1. The first-order chi connectivity index (χ1) is 23.6. The number of benzene rings is 3. The van der Waals surface area contributed by atoms with E-state index in [-0.39, 0.29) is 27.9 Å². The Labute approximate surface area is 293 Å². The molecule has 0 bridgehead atoms. The number of piperazine rings is 1. The van der Waals surface area contributed by atoms with Crippen molar-refractivity contribution >= 4 is 44.8 Å². The highest BCUT2D eigenvalue weighted by molar-refractivity contribution is 7.99. The van der Waals surface area contributed by atoms with Crippen molar-refractivity contribution in [3.63, 3.8) is 0 Å². The zero-order chi connectivity index (χ0) is 34.4. The zero-order valence-corrected chi connectivity index (χ0v) is 29.7. The number of thioether (sulfide) groups is 1. The van der Waals surface area contributed by atoms with Crippen LogP contribution in [0.5, 0.6) is 0 Å². The van der Waals surface area contributed by atoms with Crippen LogP contribution in [-0.2, 0) is 10.0 Å². The minimum atomic E-state index is -4.39. The van der Waals surface area contributed by atoms with E-state index >= 15 is 0 Å². The first kappa shape index (κ1) is 35.2. The smallest absolute Gasteiger partial charge is 0.293 e. The lowest BCUT2D eigenvalue weighted by molar-refractivity contribution is -0.384. The average molecular weight is 707 g/mol. The number of rotatable bonds is 12. The van der Waals surface area contributed by atoms with Gasteiger partial charge in [0.1, 0.15) is 5.69 Å². The molecule has 0 unspecified atom stereocenters. The summed E-state index contributed by atoms with van der Waals surface area (Å²) < 4.78 is 28.7. The maximum Gasteiger partial charge on any atom is 0.293 e. The number of anilines is 2. The van der Waals surface area contributed by atoms with E-state index in [9.17, 15) is 23.3 Å². The summed E-state index contributed by atoms with van der Waals surface area (Å²) in [6, 6.07) is 20.5. The molecule has 2 heterocycles. The third kappa shape index (κ3) is 8.94. The minimum Gasteiger partial charge on any atom is -0.375 e. The van der Waals surface area contributed by atoms with Crippen LogP contribution in [0.1, 0.15) is 48.9 Å². The van der Waals surface area contributed by atoms with Crippen molar-refractivity contribution in [2.24, 2.45) is 5.41 Å². The van der Waals surface area contributed by atoms with Crippen LogP contribution in [-0.4, -0.2) is 93.7 Å². The van der Waals surface area contributed by atoms with Crippen molar-refractivity contribution in [2.75, 3.05) is 68.8 Å². The van der Waals surface area contributed by atoms with Crippen molar-refractivity contribution in [3.8, 4) is 0 Å². The molecule has 3 fully saturated rings. The second-order valence-electron chi connectivity index (χ2n) is 13.7. The third-order valence-corrected chi connectivity index (χ3v) is 12.8. The van der Waals surface area contributed by atoms with E-state index in [2.05, 4.69) is 31.8 Å². The Hall–Kier alpha value is -3.65. The number of likely N-dealkylation sites (N-methyl/N-ethyl adjacent to an activating group) is 1. The van der Waals surface area contributed by atoms with E-state index in [1.807, 2.05) is 42.5 Å². The number of piperidine rings is 1. The maximum absolute atomic E-state index is 13.3. The van der Waals surface area contributed by atoms with E-state index in [1.165, 1.54) is 50.7 Å². The van der Waals surface area contributed by atoms with Crippen molar-refractivity contribution < 1.29 is 18.1 Å². The Bertz CT molecular complexity index is 1700. The molecule has 11 nitrogen and oxygen atoms in total. The molecule has 1 spiro atoms. The van der Waals surface area contributed by atoms with Gasteiger partial charge in [-0.15, -0.1) is 11.8 Å². The molecule has 2 aliphatic heterocycles. The summed E-state index contributed by atoms with van der Waals surface area (Å²) in [6.45, 7) is 6.31. The molecule has 6 rings (SSSR count). The van der Waals surface area contributed by atoms with Gasteiger partial charge in [0.25, 0.3) is 21.6 Å². The van der Waals surface area contributed by atoms with Crippen molar-refractivity contribution in [3.05, 3.63) is 88.5 Å². The molecule has 49 heavy (non-hydrogen) atoms. The van der Waals surface area contributed by atoms with Gasteiger partial charge in [-0.1, -0.05) is 31.0 Å². The number of hydrogen-bond acceptors (Lipinski definition) is 10. The number of nitrogens with zero attached hydrogens (tertiary/aromatic N) is 4. The second kappa shape index (κ2) is 15.5. The van der Waals surface area contributed by atoms with Crippen LogP contribution < -0.4 is 14.9 Å². The quantitative estimate of drug-likeness (QED) is 0.138. The predicted molar refractivity (Wildman–Crippen MR) is 195 cm³/mol. The predicted octanol–water partition coefficient (Wildman–Crippen LogP) is 5.69. The molecule has 1 amide bonds. The van der Waals surface area contributed by atoms with Crippen LogP contribution >= 0.6 is 11.8 Å². The molecule has 0 radical (unpaired) electrons. The first-order valence-corrected chi connectivity index (χ1v) is 19.6. The molecule has 262 valence electrons. The number of amides is 1. The Kier molecular flexibility index (Phi) is 11.1. The van der Waals surface area contributed by atoms with Gasteiger partial charge in [-0.25, -0.2) is 13.1 Å². The van der Waals surface area contributed by atoms with Crippen LogP contribution in [0.2, 0.25) is 0 Å². The van der Waals surface area contributed by atoms with Crippen LogP contribution in [0.15, 0.2) is 82.6 Å². The molecular weight excluding hydrogens is 661 g/mol. The van der Waals surface area contributed by atoms with Gasteiger partial charge in [-0.2, -0.15) is 0 Å². The molecule has 2 saturated heterocycles. The first-order valence-electron chi connectivity index (χ1n) is 17.2. The fraction of sp³-hybridized carbons (Fsp3) is 0.472. The Balaban J connectivity index is 1.12. The topological polar surface area (TPSA) is 128 Å². The zero-order valence-electron chi connectivity index (χ0n) is 28.1. The molecule has 1 aliphatic carbocycles. The lowest BCUT2D eigenvalue weighted by Crippen LogP contribution is -2.48. The monoisotopic (exact) mass is 706 g/mol. The van der Waals surface area contributed by atoms with E-state index in [0.29, 0.717) is 17.7 Å². The maximum atomic E-state index is 13.3. The Morgan fingerprint density at radius 2 is 1.59 bits per heavy atom. The number of hydrogen-bond donors (Lipinski definition) is 2. The summed E-state index contributed by atoms with van der Waals surface area (Å²) in [6.07, 6.45) is 7.65. The van der Waals surface area contributed by atoms with Crippen molar-refractivity contribution in [1.82, 2.24) is 14.5 Å². The minimum absolute atomic E-state index is 0.147. The Morgan fingerprint density at radius 1 is 0.918 bits per heavy atom. The van der Waals surface area contributed by atoms with E-state index in [1.54, 1.807) is 23.9 Å². The standard InChI is InChI=1S/C36H46N6O5S2/c1-39-21-23-40(24-22-39)26-29(27-48-31-7-3-2-4-8-31)37-33-14-13-32(25-34(33)42(44)45)49(46,47)38-35(43)28-9-11-30(12-10-28)41-19-17-36(18-20-41)15-5-6-16-36/h2-4,7-14,25,29,37H,5-6,15-24,26-27H2,1H3,(H,38,43)/t29-/m1/s1. The summed E-state index contributed by atoms with van der Waals surface area (Å²) in [5.74, 6) is -0.133. The SMILES string of the molecule is CN1CCN(C[C@H](CSc2ccccc2)Nc2ccc(S(=O)(=O)NC(=O)c3ccc(N4CCC5(CCCC5)CC4)cc3)cc2[N+](=O)[O-])CC1. The van der Waals surface area contributed by atoms with Gasteiger partial charge in [0, 0.05) is 79.8 Å². The second-order valence-corrected chi connectivity index (χ2v) is 16.5. The molecule has 0 aromatic heterocycles. The number of nitrogens with one attached hydrogen (secondary N) is 2.